The van der Waals surface area contributed by atoms with Gasteiger partial charge in [-0.15, -0.1) is 0 Å². The van der Waals surface area contributed by atoms with Gasteiger partial charge in [-0.25, -0.2) is 4.68 Å². The van der Waals surface area contributed by atoms with Crippen molar-refractivity contribution in [2.24, 2.45) is 10.9 Å². The Hall–Kier alpha value is -3.90. The van der Waals surface area contributed by atoms with Gasteiger partial charge in [-0.2, -0.15) is 31.4 Å². The van der Waals surface area contributed by atoms with Gasteiger partial charge in [-0.05, 0) is 24.3 Å². The van der Waals surface area contributed by atoms with Gasteiger partial charge in [0.2, 0.25) is 0 Å². The molecule has 3 heterocycles. The van der Waals surface area contributed by atoms with Gasteiger partial charge in [-0.1, -0.05) is 13.0 Å². The van der Waals surface area contributed by atoms with Crippen molar-refractivity contribution in [2.45, 2.75) is 19.3 Å². The smallest absolute Gasteiger partial charge is 0.329 e. The summed E-state index contributed by atoms with van der Waals surface area (Å²) in [7, 11) is 0. The molecule has 0 radical (unpaired) electrons. The highest BCUT2D eigenvalue weighted by Gasteiger charge is 2.41. The standard InChI is InChI=1S/C21H15F6N5O2/c1-10-8-29-16(20(22,23)24)7-14(10)31-19(34)13-9-30-32(17(13)21(25,26)27)15-4-2-3-12-11(15)5-6-28-18(12)33/h2-7,9-10H,8H2,1H3,(H,28,33)(H,31,34). The molecule has 0 aliphatic carbocycles. The average molecular weight is 483 g/mol. The molecule has 0 fully saturated rings. The van der Waals surface area contributed by atoms with Gasteiger partial charge >= 0.3 is 12.4 Å². The average Bonchev–Trinajstić information content (AvgIpc) is 3.20. The maximum Gasteiger partial charge on any atom is 0.434 e. The number of allylic oxidation sites excluding steroid dienone is 1. The number of nitrogens with one attached hydrogen (secondary N) is 2. The highest BCUT2D eigenvalue weighted by Crippen LogP contribution is 2.35. The van der Waals surface area contributed by atoms with E-state index in [1.165, 1.54) is 37.4 Å². The second-order valence-electron chi connectivity index (χ2n) is 7.54. The van der Waals surface area contributed by atoms with Gasteiger partial charge < -0.3 is 10.3 Å². The number of fused-ring (bicyclic) bond motifs is 1. The second kappa shape index (κ2) is 8.15. The molecule has 1 aliphatic heterocycles. The number of nitrogens with zero attached hydrogens (tertiary/aromatic N) is 3. The molecule has 2 N–H and O–H groups in total. The van der Waals surface area contributed by atoms with E-state index in [-0.39, 0.29) is 28.7 Å². The normalized spacial score (nSPS) is 16.9. The Labute approximate surface area is 186 Å². The number of amides is 1. The largest absolute Gasteiger partial charge is 0.434 e. The molecule has 1 unspecified atom stereocenters. The van der Waals surface area contributed by atoms with E-state index in [4.69, 9.17) is 0 Å². The van der Waals surface area contributed by atoms with Crippen LogP contribution in [-0.2, 0) is 6.18 Å². The van der Waals surface area contributed by atoms with E-state index in [0.29, 0.717) is 17.0 Å². The van der Waals surface area contributed by atoms with Crippen LogP contribution < -0.4 is 10.9 Å². The van der Waals surface area contributed by atoms with Gasteiger partial charge in [0.15, 0.2) is 5.69 Å². The summed E-state index contributed by atoms with van der Waals surface area (Å²) in [5, 5.41) is 6.12. The molecule has 0 saturated heterocycles. The first-order valence-corrected chi connectivity index (χ1v) is 9.78. The van der Waals surface area contributed by atoms with Crippen molar-refractivity contribution in [3.63, 3.8) is 0 Å². The van der Waals surface area contributed by atoms with E-state index in [2.05, 4.69) is 20.4 Å². The maximum absolute atomic E-state index is 14.0. The molecule has 34 heavy (non-hydrogen) atoms. The summed E-state index contributed by atoms with van der Waals surface area (Å²) in [5.74, 6) is -1.94. The molecule has 2 aromatic heterocycles. The molecular formula is C21H15F6N5O2. The third kappa shape index (κ3) is 4.20. The molecule has 4 rings (SSSR count). The second-order valence-corrected chi connectivity index (χ2v) is 7.54. The van der Waals surface area contributed by atoms with Crippen LogP contribution >= 0.6 is 0 Å². The first kappa shape index (κ1) is 23.3. The molecule has 0 spiro atoms. The number of pyridine rings is 1. The molecule has 7 nitrogen and oxygen atoms in total. The molecule has 178 valence electrons. The number of alkyl halides is 6. The number of H-pyrrole nitrogens is 1. The van der Waals surface area contributed by atoms with Crippen LogP contribution in [0.5, 0.6) is 0 Å². The van der Waals surface area contributed by atoms with E-state index in [1.807, 2.05) is 0 Å². The number of hydrogen-bond acceptors (Lipinski definition) is 4. The van der Waals surface area contributed by atoms with Gasteiger partial charge in [0, 0.05) is 35.1 Å². The van der Waals surface area contributed by atoms with Crippen molar-refractivity contribution in [1.29, 1.82) is 0 Å². The SMILES string of the molecule is CC1CN=C(C(F)(F)F)C=C1NC(=O)c1cnn(-c2cccc3c(=O)[nH]ccc23)c1C(F)(F)F. The predicted molar refractivity (Wildman–Crippen MR) is 110 cm³/mol. The predicted octanol–water partition coefficient (Wildman–Crippen LogP) is 4.00. The molecular weight excluding hydrogens is 468 g/mol. The van der Waals surface area contributed by atoms with E-state index in [0.717, 1.165) is 0 Å². The monoisotopic (exact) mass is 483 g/mol. The number of aromatic nitrogens is 3. The zero-order valence-electron chi connectivity index (χ0n) is 17.3. The highest BCUT2D eigenvalue weighted by molar-refractivity contribution is 6.02. The van der Waals surface area contributed by atoms with Crippen LogP contribution in [0.2, 0.25) is 0 Å². The first-order valence-electron chi connectivity index (χ1n) is 9.78. The summed E-state index contributed by atoms with van der Waals surface area (Å²) < 4.78 is 81.6. The molecule has 1 aromatic carbocycles. The van der Waals surface area contributed by atoms with Gasteiger partial charge in [0.25, 0.3) is 11.5 Å². The van der Waals surface area contributed by atoms with Crippen LogP contribution in [0.1, 0.15) is 23.0 Å². The quantitative estimate of drug-likeness (QED) is 0.552. The van der Waals surface area contributed by atoms with Crippen molar-refractivity contribution >= 4 is 22.4 Å². The number of hydrogen-bond donors (Lipinski definition) is 2. The maximum atomic E-state index is 14.0. The Morgan fingerprint density at radius 1 is 1.12 bits per heavy atom. The molecule has 13 heteroatoms. The Kier molecular flexibility index (Phi) is 5.58. The minimum absolute atomic E-state index is 0.105. The van der Waals surface area contributed by atoms with Crippen molar-refractivity contribution in [3.8, 4) is 5.69 Å². The molecule has 1 amide bonds. The van der Waals surface area contributed by atoms with Gasteiger partial charge in [0.1, 0.15) is 5.71 Å². The summed E-state index contributed by atoms with van der Waals surface area (Å²) in [6.07, 6.45) is -7.30. The Morgan fingerprint density at radius 3 is 2.53 bits per heavy atom. The summed E-state index contributed by atoms with van der Waals surface area (Å²) >= 11 is 0. The van der Waals surface area contributed by atoms with Crippen LogP contribution in [0.25, 0.3) is 16.5 Å². The number of halogens is 6. The minimum Gasteiger partial charge on any atom is -0.329 e. The third-order valence-electron chi connectivity index (χ3n) is 5.21. The van der Waals surface area contributed by atoms with Crippen LogP contribution in [-0.4, -0.2) is 39.1 Å². The van der Waals surface area contributed by atoms with Crippen molar-refractivity contribution in [1.82, 2.24) is 20.1 Å². The number of carbonyl (C=O) groups excluding carboxylic acids is 1. The van der Waals surface area contributed by atoms with Crippen molar-refractivity contribution < 1.29 is 31.1 Å². The van der Waals surface area contributed by atoms with Gasteiger partial charge in [0.05, 0.1) is 17.4 Å². The zero-order valence-corrected chi connectivity index (χ0v) is 17.3. The topological polar surface area (TPSA) is 92.1 Å². The van der Waals surface area contributed by atoms with Crippen LogP contribution in [0.3, 0.4) is 0 Å². The molecule has 1 atom stereocenters. The van der Waals surface area contributed by atoms with E-state index in [1.54, 1.807) is 0 Å². The Balaban J connectivity index is 1.79. The molecule has 0 bridgehead atoms. The number of aromatic amines is 1. The first-order chi connectivity index (χ1) is 15.9. The van der Waals surface area contributed by atoms with Gasteiger partial charge in [-0.3, -0.25) is 14.6 Å². The third-order valence-corrected chi connectivity index (χ3v) is 5.21. The van der Waals surface area contributed by atoms with Crippen molar-refractivity contribution in [3.05, 3.63) is 70.0 Å². The fraction of sp³-hybridized carbons (Fsp3) is 0.238. The van der Waals surface area contributed by atoms with Crippen LogP contribution in [0.15, 0.2) is 58.2 Å². The van der Waals surface area contributed by atoms with Crippen LogP contribution in [0, 0.1) is 5.92 Å². The fourth-order valence-corrected chi connectivity index (χ4v) is 3.56. The number of aliphatic imine (C=N–C) groups is 1. The Bertz CT molecular complexity index is 1400. The Morgan fingerprint density at radius 2 is 1.85 bits per heavy atom. The lowest BCUT2D eigenvalue weighted by Gasteiger charge is -2.22. The molecule has 3 aromatic rings. The lowest BCUT2D eigenvalue weighted by Crippen LogP contribution is -2.34. The van der Waals surface area contributed by atoms with E-state index in [9.17, 15) is 35.9 Å². The highest BCUT2D eigenvalue weighted by atomic mass is 19.4. The van der Waals surface area contributed by atoms with Crippen LogP contribution in [0.4, 0.5) is 26.3 Å². The van der Waals surface area contributed by atoms with Crippen molar-refractivity contribution in [2.75, 3.05) is 6.54 Å². The minimum atomic E-state index is -5.06. The zero-order chi connectivity index (χ0) is 24.8. The van der Waals surface area contributed by atoms with E-state index >= 15 is 0 Å². The summed E-state index contributed by atoms with van der Waals surface area (Å²) in [5.41, 5.74) is -4.42. The fourth-order valence-electron chi connectivity index (χ4n) is 3.56. The number of rotatable bonds is 3. The number of dihydropyridines is 1. The molecule has 1 aliphatic rings. The lowest BCUT2D eigenvalue weighted by molar-refractivity contribution is -0.143. The lowest BCUT2D eigenvalue weighted by atomic mass is 10.0. The number of benzene rings is 1. The summed E-state index contributed by atoms with van der Waals surface area (Å²) in [6, 6.07) is 5.46. The van der Waals surface area contributed by atoms with E-state index < -0.39 is 46.7 Å². The number of carbonyl (C=O) groups is 1. The molecule has 0 saturated carbocycles. The summed E-state index contributed by atoms with van der Waals surface area (Å²) in [6.45, 7) is 1.18. The summed E-state index contributed by atoms with van der Waals surface area (Å²) in [4.78, 5) is 30.6.